The van der Waals surface area contributed by atoms with Gasteiger partial charge in [0, 0.05) is 41.7 Å². The van der Waals surface area contributed by atoms with Gasteiger partial charge in [0.25, 0.3) is 11.8 Å². The molecule has 2 aromatic carbocycles. The Balaban J connectivity index is 1.61. The SMILES string of the molecule is [C-]#[N+]c1ccc(-c2cc(C(=O)N3CCC[C@@H](N)C3)sc2-c2ccc3c(c2)CNC3=O)cc1F. The fourth-order valence-electron chi connectivity index (χ4n) is 4.41. The molecule has 1 saturated heterocycles. The normalized spacial score (nSPS) is 17.4. The Kier molecular flexibility index (Phi) is 5.44. The molecule has 6 nitrogen and oxygen atoms in total. The van der Waals surface area contributed by atoms with Gasteiger partial charge in [-0.1, -0.05) is 18.2 Å². The van der Waals surface area contributed by atoms with Gasteiger partial charge in [0.05, 0.1) is 11.4 Å². The number of amides is 2. The molecule has 0 aliphatic carbocycles. The first kappa shape index (κ1) is 21.3. The Morgan fingerprint density at radius 2 is 2.00 bits per heavy atom. The van der Waals surface area contributed by atoms with Crippen LogP contribution in [0.3, 0.4) is 0 Å². The van der Waals surface area contributed by atoms with Gasteiger partial charge in [0.15, 0.2) is 0 Å². The number of hydrogen-bond acceptors (Lipinski definition) is 4. The number of nitrogens with zero attached hydrogens (tertiary/aromatic N) is 2. The molecule has 2 aliphatic heterocycles. The van der Waals surface area contributed by atoms with Gasteiger partial charge in [-0.2, -0.15) is 0 Å². The summed E-state index contributed by atoms with van der Waals surface area (Å²) < 4.78 is 14.4. The van der Waals surface area contributed by atoms with E-state index in [-0.39, 0.29) is 23.5 Å². The van der Waals surface area contributed by atoms with Crippen LogP contribution in [0.1, 0.15) is 38.4 Å². The summed E-state index contributed by atoms with van der Waals surface area (Å²) in [6.07, 6.45) is 1.77. The first-order valence-corrected chi connectivity index (χ1v) is 11.5. The zero-order chi connectivity index (χ0) is 23.1. The standard InChI is InChI=1S/C25H21FN4O2S/c1-28-21-7-5-14(10-20(21)26)19-11-22(25(32)30-8-2-3-17(27)13-30)33-23(19)15-4-6-18-16(9-15)12-29-24(18)31/h4-7,9-11,17H,2-3,8,12-13,27H2,(H,29,31)/t17-/m1/s1. The zero-order valence-electron chi connectivity index (χ0n) is 17.7. The smallest absolute Gasteiger partial charge is 0.264 e. The summed E-state index contributed by atoms with van der Waals surface area (Å²) in [5, 5.41) is 2.81. The number of fused-ring (bicyclic) bond motifs is 1. The fourth-order valence-corrected chi connectivity index (χ4v) is 5.56. The highest BCUT2D eigenvalue weighted by molar-refractivity contribution is 7.18. The molecule has 166 valence electrons. The van der Waals surface area contributed by atoms with Crippen LogP contribution >= 0.6 is 11.3 Å². The number of thiophene rings is 1. The molecule has 1 fully saturated rings. The summed E-state index contributed by atoms with van der Waals surface area (Å²) in [5.41, 5.74) is 9.73. The highest BCUT2D eigenvalue weighted by Crippen LogP contribution is 2.42. The van der Waals surface area contributed by atoms with Crippen LogP contribution in [0.5, 0.6) is 0 Å². The van der Waals surface area contributed by atoms with Crippen LogP contribution in [0, 0.1) is 12.4 Å². The summed E-state index contributed by atoms with van der Waals surface area (Å²) >= 11 is 1.35. The average Bonchev–Trinajstić information content (AvgIpc) is 3.42. The average molecular weight is 461 g/mol. The molecule has 0 bridgehead atoms. The van der Waals surface area contributed by atoms with Crippen molar-refractivity contribution >= 4 is 28.8 Å². The molecule has 3 aromatic rings. The number of halogens is 1. The van der Waals surface area contributed by atoms with E-state index < -0.39 is 5.82 Å². The zero-order valence-corrected chi connectivity index (χ0v) is 18.5. The van der Waals surface area contributed by atoms with E-state index >= 15 is 0 Å². The molecule has 1 aromatic heterocycles. The van der Waals surface area contributed by atoms with Crippen LogP contribution in [0.4, 0.5) is 10.1 Å². The Labute approximate surface area is 194 Å². The van der Waals surface area contributed by atoms with E-state index in [0.717, 1.165) is 34.4 Å². The van der Waals surface area contributed by atoms with Crippen LogP contribution < -0.4 is 11.1 Å². The number of benzene rings is 2. The van der Waals surface area contributed by atoms with Crippen molar-refractivity contribution in [3.8, 4) is 21.6 Å². The largest absolute Gasteiger partial charge is 0.348 e. The molecular weight excluding hydrogens is 439 g/mol. The van der Waals surface area contributed by atoms with Crippen LogP contribution in [0.15, 0.2) is 42.5 Å². The third-order valence-corrected chi connectivity index (χ3v) is 7.29. The first-order chi connectivity index (χ1) is 15.9. The van der Waals surface area contributed by atoms with Crippen molar-refractivity contribution < 1.29 is 14.0 Å². The molecule has 0 saturated carbocycles. The minimum atomic E-state index is -0.599. The van der Waals surface area contributed by atoms with Crippen molar-refractivity contribution in [3.05, 3.63) is 75.7 Å². The number of hydrogen-bond donors (Lipinski definition) is 2. The Morgan fingerprint density at radius 1 is 1.18 bits per heavy atom. The maximum absolute atomic E-state index is 14.4. The maximum atomic E-state index is 14.4. The van der Waals surface area contributed by atoms with Gasteiger partial charge in [-0.25, -0.2) is 9.24 Å². The second-order valence-corrected chi connectivity index (χ2v) is 9.39. The van der Waals surface area contributed by atoms with Gasteiger partial charge in [-0.3, -0.25) is 9.59 Å². The highest BCUT2D eigenvalue weighted by atomic mass is 32.1. The van der Waals surface area contributed by atoms with Crippen molar-refractivity contribution in [1.82, 2.24) is 10.2 Å². The van der Waals surface area contributed by atoms with Crippen molar-refractivity contribution in [1.29, 1.82) is 0 Å². The van der Waals surface area contributed by atoms with Gasteiger partial charge < -0.3 is 16.0 Å². The monoisotopic (exact) mass is 460 g/mol. The van der Waals surface area contributed by atoms with Crippen molar-refractivity contribution in [3.63, 3.8) is 0 Å². The minimum Gasteiger partial charge on any atom is -0.348 e. The number of carbonyl (C=O) groups excluding carboxylic acids is 2. The molecule has 8 heteroatoms. The Bertz CT molecular complexity index is 1330. The Morgan fingerprint density at radius 3 is 2.76 bits per heavy atom. The summed E-state index contributed by atoms with van der Waals surface area (Å²) in [6, 6.07) is 11.8. The van der Waals surface area contributed by atoms with E-state index in [0.29, 0.717) is 35.6 Å². The van der Waals surface area contributed by atoms with Crippen molar-refractivity contribution in [2.24, 2.45) is 5.73 Å². The van der Waals surface area contributed by atoms with Crippen LogP contribution in [-0.2, 0) is 6.54 Å². The number of carbonyl (C=O) groups is 2. The fraction of sp³-hybridized carbons (Fsp3) is 0.240. The maximum Gasteiger partial charge on any atom is 0.264 e. The highest BCUT2D eigenvalue weighted by Gasteiger charge is 2.26. The van der Waals surface area contributed by atoms with E-state index in [4.69, 9.17) is 12.3 Å². The van der Waals surface area contributed by atoms with Gasteiger partial charge >= 0.3 is 0 Å². The molecule has 2 amide bonds. The predicted octanol–water partition coefficient (Wildman–Crippen LogP) is 4.58. The van der Waals surface area contributed by atoms with Crippen molar-refractivity contribution in [2.75, 3.05) is 13.1 Å². The van der Waals surface area contributed by atoms with E-state index in [1.807, 2.05) is 12.1 Å². The van der Waals surface area contributed by atoms with Gasteiger partial charge in [0.2, 0.25) is 5.69 Å². The second-order valence-electron chi connectivity index (χ2n) is 8.34. The number of nitrogens with two attached hydrogens (primary N) is 1. The summed E-state index contributed by atoms with van der Waals surface area (Å²) in [7, 11) is 0. The number of piperidine rings is 1. The molecule has 3 heterocycles. The second kappa shape index (κ2) is 8.43. The molecule has 0 radical (unpaired) electrons. The van der Waals surface area contributed by atoms with Crippen LogP contribution in [0.25, 0.3) is 26.4 Å². The first-order valence-electron chi connectivity index (χ1n) is 10.7. The van der Waals surface area contributed by atoms with Crippen molar-refractivity contribution in [2.45, 2.75) is 25.4 Å². The predicted molar refractivity (Wildman–Crippen MR) is 126 cm³/mol. The lowest BCUT2D eigenvalue weighted by molar-refractivity contribution is 0.0713. The van der Waals surface area contributed by atoms with Crippen LogP contribution in [-0.4, -0.2) is 35.8 Å². The van der Waals surface area contributed by atoms with E-state index in [1.165, 1.54) is 23.5 Å². The molecule has 2 aliphatic rings. The minimum absolute atomic E-state index is 0.0291. The molecule has 0 spiro atoms. The molecule has 33 heavy (non-hydrogen) atoms. The molecule has 0 unspecified atom stereocenters. The Hall–Kier alpha value is -3.54. The number of likely N-dealkylation sites (tertiary alicyclic amines) is 1. The summed E-state index contributed by atoms with van der Waals surface area (Å²) in [5.74, 6) is -0.783. The van der Waals surface area contributed by atoms with Gasteiger partial charge in [-0.05, 0) is 53.8 Å². The lowest BCUT2D eigenvalue weighted by Crippen LogP contribution is -2.45. The number of nitrogens with one attached hydrogen (secondary N) is 1. The van der Waals surface area contributed by atoms with Gasteiger partial charge in [-0.15, -0.1) is 11.3 Å². The van der Waals surface area contributed by atoms with Gasteiger partial charge in [0.1, 0.15) is 5.82 Å². The lowest BCUT2D eigenvalue weighted by atomic mass is 9.99. The van der Waals surface area contributed by atoms with E-state index in [1.54, 1.807) is 23.1 Å². The molecule has 3 N–H and O–H groups in total. The molecule has 1 atom stereocenters. The topological polar surface area (TPSA) is 79.8 Å². The van der Waals surface area contributed by atoms with E-state index in [2.05, 4.69) is 10.2 Å². The lowest BCUT2D eigenvalue weighted by Gasteiger charge is -2.30. The third-order valence-electron chi connectivity index (χ3n) is 6.12. The van der Waals surface area contributed by atoms with Crippen LogP contribution in [0.2, 0.25) is 0 Å². The quantitative estimate of drug-likeness (QED) is 0.562. The number of rotatable bonds is 3. The summed E-state index contributed by atoms with van der Waals surface area (Å²) in [6.45, 7) is 8.74. The van der Waals surface area contributed by atoms with E-state index in [9.17, 15) is 14.0 Å². The molecular formula is C25H21FN4O2S. The summed E-state index contributed by atoms with van der Waals surface area (Å²) in [4.78, 5) is 31.6. The molecule has 5 rings (SSSR count). The third kappa shape index (κ3) is 3.90.